The van der Waals surface area contributed by atoms with Gasteiger partial charge in [-0.05, 0) is 38.3 Å². The van der Waals surface area contributed by atoms with Crippen LogP contribution in [0.2, 0.25) is 0 Å². The van der Waals surface area contributed by atoms with Crippen molar-refractivity contribution in [1.82, 2.24) is 14.8 Å². The monoisotopic (exact) mass is 435 g/mol. The van der Waals surface area contributed by atoms with Crippen LogP contribution in [0.1, 0.15) is 26.2 Å². The Hall–Kier alpha value is -2.46. The van der Waals surface area contributed by atoms with E-state index in [1.54, 1.807) is 19.1 Å². The molecule has 3 aliphatic heterocycles. The van der Waals surface area contributed by atoms with Crippen LogP contribution in [-0.2, 0) is 4.79 Å². The second kappa shape index (κ2) is 7.05. The molecule has 4 heterocycles. The zero-order valence-corrected chi connectivity index (χ0v) is 17.1. The van der Waals surface area contributed by atoms with Gasteiger partial charge < -0.3 is 4.90 Å². The highest BCUT2D eigenvalue weighted by molar-refractivity contribution is 7.22. The summed E-state index contributed by atoms with van der Waals surface area (Å²) in [7, 11) is 0. The molecule has 1 aromatic heterocycles. The van der Waals surface area contributed by atoms with Gasteiger partial charge in [-0.2, -0.15) is 23.3 Å². The molecule has 6 nitrogen and oxygen atoms in total. The Morgan fingerprint density at radius 2 is 2.00 bits per heavy atom. The fraction of sp³-hybridized carbons (Fsp3) is 0.450. The number of nitrogens with zero attached hydrogens (tertiary/aromatic N) is 5. The number of rotatable bonds is 2. The van der Waals surface area contributed by atoms with E-state index in [1.807, 2.05) is 17.0 Å². The number of hydrogen-bond acceptors (Lipinski definition) is 6. The molecule has 0 bridgehead atoms. The molecule has 3 aliphatic rings. The van der Waals surface area contributed by atoms with Crippen molar-refractivity contribution < 1.29 is 18.0 Å². The molecule has 0 unspecified atom stereocenters. The number of thiazole rings is 1. The highest BCUT2D eigenvalue weighted by atomic mass is 32.1. The van der Waals surface area contributed by atoms with Crippen molar-refractivity contribution in [3.8, 4) is 0 Å². The fourth-order valence-electron chi connectivity index (χ4n) is 4.44. The lowest BCUT2D eigenvalue weighted by Crippen LogP contribution is -2.47. The summed E-state index contributed by atoms with van der Waals surface area (Å²) >= 11 is 1.15. The van der Waals surface area contributed by atoms with E-state index in [0.717, 1.165) is 46.9 Å². The van der Waals surface area contributed by atoms with Gasteiger partial charge in [0.15, 0.2) is 5.71 Å². The van der Waals surface area contributed by atoms with Gasteiger partial charge in [-0.15, -0.1) is 0 Å². The number of amides is 1. The van der Waals surface area contributed by atoms with E-state index < -0.39 is 17.8 Å². The molecule has 2 fully saturated rings. The first-order chi connectivity index (χ1) is 14.3. The number of carbonyl (C=O) groups is 1. The number of allylic oxidation sites excluding steroid dienone is 1. The number of hydrogen-bond donors (Lipinski definition) is 0. The van der Waals surface area contributed by atoms with E-state index in [4.69, 9.17) is 0 Å². The van der Waals surface area contributed by atoms with E-state index in [2.05, 4.69) is 15.0 Å². The average Bonchev–Trinajstić information content (AvgIpc) is 3.42. The topological polar surface area (TPSA) is 52.0 Å². The van der Waals surface area contributed by atoms with Crippen LogP contribution < -0.4 is 5.01 Å². The van der Waals surface area contributed by atoms with Crippen molar-refractivity contribution in [2.45, 2.75) is 38.4 Å². The minimum Gasteiger partial charge on any atom is -0.361 e. The molecular weight excluding hydrogens is 415 g/mol. The van der Waals surface area contributed by atoms with Gasteiger partial charge >= 0.3 is 6.18 Å². The standard InChI is InChI=1S/C20H20F3N5OS/c1-12(26-10-8-13-5-4-9-27(13)11-26)16-17(20(21,22)23)25-28(18(16)29)19-24-14-6-2-3-7-15(14)30-19/h2-3,6-7,13H,4-5,8-11H2,1H3/b16-12+/t13-/m0/s1. The molecule has 158 valence electrons. The Morgan fingerprint density at radius 3 is 2.77 bits per heavy atom. The Kier molecular flexibility index (Phi) is 4.59. The Balaban J connectivity index is 1.53. The number of fused-ring (bicyclic) bond motifs is 2. The van der Waals surface area contributed by atoms with Crippen molar-refractivity contribution in [3.05, 3.63) is 35.5 Å². The van der Waals surface area contributed by atoms with Gasteiger partial charge in [0.25, 0.3) is 5.91 Å². The molecule has 0 spiro atoms. The average molecular weight is 435 g/mol. The van der Waals surface area contributed by atoms with E-state index in [9.17, 15) is 18.0 Å². The summed E-state index contributed by atoms with van der Waals surface area (Å²) in [4.78, 5) is 21.6. The van der Waals surface area contributed by atoms with Crippen LogP contribution in [0.15, 0.2) is 40.6 Å². The lowest BCUT2D eigenvalue weighted by atomic mass is 10.1. The minimum atomic E-state index is -4.73. The van der Waals surface area contributed by atoms with E-state index in [0.29, 0.717) is 30.5 Å². The molecule has 0 radical (unpaired) electrons. The van der Waals surface area contributed by atoms with Gasteiger partial charge in [-0.1, -0.05) is 23.5 Å². The van der Waals surface area contributed by atoms with Gasteiger partial charge in [-0.25, -0.2) is 4.98 Å². The minimum absolute atomic E-state index is 0.143. The summed E-state index contributed by atoms with van der Waals surface area (Å²) in [6.45, 7) is 3.71. The zero-order valence-electron chi connectivity index (χ0n) is 16.3. The van der Waals surface area contributed by atoms with Crippen molar-refractivity contribution in [2.24, 2.45) is 5.10 Å². The highest BCUT2D eigenvalue weighted by Gasteiger charge is 2.49. The van der Waals surface area contributed by atoms with Crippen LogP contribution in [0.4, 0.5) is 18.3 Å². The molecule has 5 rings (SSSR count). The number of carbonyl (C=O) groups excluding carboxylic acids is 1. The van der Waals surface area contributed by atoms with Gasteiger partial charge in [0.2, 0.25) is 5.13 Å². The third kappa shape index (κ3) is 3.18. The molecule has 30 heavy (non-hydrogen) atoms. The van der Waals surface area contributed by atoms with Crippen LogP contribution in [0.5, 0.6) is 0 Å². The number of alkyl halides is 3. The van der Waals surface area contributed by atoms with Gasteiger partial charge in [0.05, 0.1) is 22.5 Å². The van der Waals surface area contributed by atoms with Crippen LogP contribution in [0.3, 0.4) is 0 Å². The van der Waals surface area contributed by atoms with Crippen LogP contribution >= 0.6 is 11.3 Å². The maximum absolute atomic E-state index is 13.8. The molecule has 10 heteroatoms. The maximum Gasteiger partial charge on any atom is 0.436 e. The Morgan fingerprint density at radius 1 is 1.20 bits per heavy atom. The normalized spacial score (nSPS) is 24.6. The summed E-state index contributed by atoms with van der Waals surface area (Å²) < 4.78 is 42.3. The molecule has 0 N–H and O–H groups in total. The fourth-order valence-corrected chi connectivity index (χ4v) is 5.36. The van der Waals surface area contributed by atoms with Crippen LogP contribution in [0.25, 0.3) is 10.2 Å². The van der Waals surface area contributed by atoms with Crippen molar-refractivity contribution in [2.75, 3.05) is 24.8 Å². The summed E-state index contributed by atoms with van der Waals surface area (Å²) in [6, 6.07) is 7.67. The number of aromatic nitrogens is 1. The highest BCUT2D eigenvalue weighted by Crippen LogP contribution is 2.37. The Bertz CT molecular complexity index is 1040. The van der Waals surface area contributed by atoms with Crippen molar-refractivity contribution in [3.63, 3.8) is 0 Å². The SMILES string of the molecule is C/C(=C1\C(=O)N(c2nc3ccccc3s2)N=C1C(F)(F)F)N1CC[C@@H]2CCCN2C1. The predicted molar refractivity (Wildman–Crippen MR) is 109 cm³/mol. The summed E-state index contributed by atoms with van der Waals surface area (Å²) in [6.07, 6.45) is -1.61. The molecule has 2 saturated heterocycles. The van der Waals surface area contributed by atoms with Gasteiger partial charge in [-0.3, -0.25) is 9.69 Å². The predicted octanol–water partition coefficient (Wildman–Crippen LogP) is 3.96. The molecule has 0 aliphatic carbocycles. The lowest BCUT2D eigenvalue weighted by molar-refractivity contribution is -0.114. The second-order valence-electron chi connectivity index (χ2n) is 7.79. The van der Waals surface area contributed by atoms with E-state index in [1.165, 1.54) is 0 Å². The lowest BCUT2D eigenvalue weighted by Gasteiger charge is -2.39. The molecular formula is C20H20F3N5OS. The van der Waals surface area contributed by atoms with Crippen molar-refractivity contribution in [1.29, 1.82) is 0 Å². The Labute approximate surface area is 175 Å². The zero-order chi connectivity index (χ0) is 21.0. The first-order valence-electron chi connectivity index (χ1n) is 9.89. The first kappa shape index (κ1) is 19.5. The number of anilines is 1. The number of halogens is 3. The summed E-state index contributed by atoms with van der Waals surface area (Å²) in [5.74, 6) is -0.776. The maximum atomic E-state index is 13.8. The van der Waals surface area contributed by atoms with Gasteiger partial charge in [0.1, 0.15) is 0 Å². The van der Waals surface area contributed by atoms with Gasteiger partial charge in [0, 0.05) is 24.8 Å². The van der Waals surface area contributed by atoms with Crippen molar-refractivity contribution >= 4 is 38.3 Å². The molecule has 0 saturated carbocycles. The molecule has 1 aromatic carbocycles. The number of para-hydroxylation sites is 1. The smallest absolute Gasteiger partial charge is 0.361 e. The van der Waals surface area contributed by atoms with Crippen LogP contribution in [0, 0.1) is 0 Å². The molecule has 1 amide bonds. The molecule has 2 aromatic rings. The molecule has 1 atom stereocenters. The number of benzene rings is 1. The quantitative estimate of drug-likeness (QED) is 0.670. The second-order valence-corrected chi connectivity index (χ2v) is 8.80. The van der Waals surface area contributed by atoms with Crippen LogP contribution in [-0.4, -0.2) is 58.4 Å². The first-order valence-corrected chi connectivity index (χ1v) is 10.7. The third-order valence-corrected chi connectivity index (χ3v) is 7.01. The third-order valence-electron chi connectivity index (χ3n) is 6.00. The number of hydrazone groups is 1. The van der Waals surface area contributed by atoms with E-state index >= 15 is 0 Å². The summed E-state index contributed by atoms with van der Waals surface area (Å²) in [5.41, 5.74) is -0.573. The summed E-state index contributed by atoms with van der Waals surface area (Å²) in [5, 5.41) is 4.64. The largest absolute Gasteiger partial charge is 0.436 e. The van der Waals surface area contributed by atoms with E-state index in [-0.39, 0.29) is 10.7 Å².